The van der Waals surface area contributed by atoms with E-state index in [2.05, 4.69) is 17.2 Å². The van der Waals surface area contributed by atoms with Gasteiger partial charge < -0.3 is 19.9 Å². The largest absolute Gasteiger partial charge is 0.417 e. The number of halogens is 3. The maximum atomic E-state index is 13.0. The Morgan fingerprint density at radius 1 is 1.16 bits per heavy atom. The minimum atomic E-state index is -4.41. The zero-order chi connectivity index (χ0) is 22.0. The first kappa shape index (κ1) is 22.3. The minimum absolute atomic E-state index is 0.0365. The Balaban J connectivity index is 1.27. The second-order valence-corrected chi connectivity index (χ2v) is 9.06. The van der Waals surface area contributed by atoms with E-state index < -0.39 is 11.7 Å². The molecule has 3 unspecified atom stereocenters. The predicted molar refractivity (Wildman–Crippen MR) is 111 cm³/mol. The van der Waals surface area contributed by atoms with Gasteiger partial charge in [-0.2, -0.15) is 13.2 Å². The fourth-order valence-corrected chi connectivity index (χ4v) is 4.99. The molecule has 0 aromatic carbocycles. The lowest BCUT2D eigenvalue weighted by Gasteiger charge is -2.37. The van der Waals surface area contributed by atoms with E-state index in [-0.39, 0.29) is 11.8 Å². The van der Waals surface area contributed by atoms with Gasteiger partial charge in [-0.1, -0.05) is 6.92 Å². The number of anilines is 1. The zero-order valence-corrected chi connectivity index (χ0v) is 17.9. The highest BCUT2D eigenvalue weighted by molar-refractivity contribution is 5.79. The minimum Gasteiger partial charge on any atom is -0.381 e. The van der Waals surface area contributed by atoms with Crippen LogP contribution in [-0.2, 0) is 15.7 Å². The van der Waals surface area contributed by atoms with Crippen molar-refractivity contribution in [3.8, 4) is 0 Å². The van der Waals surface area contributed by atoms with Crippen LogP contribution in [0.3, 0.4) is 0 Å². The first-order chi connectivity index (χ1) is 14.8. The van der Waals surface area contributed by atoms with Gasteiger partial charge in [-0.3, -0.25) is 9.78 Å². The lowest BCUT2D eigenvalue weighted by molar-refractivity contribution is -0.137. The number of hydrogen-bond acceptors (Lipinski definition) is 5. The van der Waals surface area contributed by atoms with Gasteiger partial charge in [0, 0.05) is 57.0 Å². The second-order valence-electron chi connectivity index (χ2n) is 9.06. The first-order valence-electron chi connectivity index (χ1n) is 11.2. The molecule has 0 spiro atoms. The van der Waals surface area contributed by atoms with E-state index in [4.69, 9.17) is 4.74 Å². The Labute approximate surface area is 181 Å². The van der Waals surface area contributed by atoms with Gasteiger partial charge in [0.05, 0.1) is 24.1 Å². The Hall–Kier alpha value is -1.87. The molecule has 1 amide bonds. The number of hydrogen-bond donors (Lipinski definition) is 1. The third-order valence-corrected chi connectivity index (χ3v) is 6.88. The summed E-state index contributed by atoms with van der Waals surface area (Å²) in [7, 11) is 0. The molecule has 3 fully saturated rings. The van der Waals surface area contributed by atoms with Crippen molar-refractivity contribution >= 4 is 11.6 Å². The molecule has 1 aromatic heterocycles. The first-order valence-corrected chi connectivity index (χ1v) is 11.2. The molecule has 31 heavy (non-hydrogen) atoms. The Morgan fingerprint density at radius 2 is 1.94 bits per heavy atom. The fraction of sp³-hybridized carbons (Fsp3) is 0.727. The third-order valence-electron chi connectivity index (χ3n) is 6.88. The van der Waals surface area contributed by atoms with Gasteiger partial charge >= 0.3 is 6.18 Å². The SMILES string of the molecule is CC1COCCC1NC1CC[C@H](C(=O)N2CCN(c3cncc(C(F)(F)F)c3)CC2)C1. The topological polar surface area (TPSA) is 57.7 Å². The summed E-state index contributed by atoms with van der Waals surface area (Å²) in [5.41, 5.74) is -0.288. The molecule has 0 radical (unpaired) electrons. The maximum Gasteiger partial charge on any atom is 0.417 e. The monoisotopic (exact) mass is 440 g/mol. The molecule has 3 heterocycles. The fourth-order valence-electron chi connectivity index (χ4n) is 4.99. The summed E-state index contributed by atoms with van der Waals surface area (Å²) in [6, 6.07) is 1.96. The predicted octanol–water partition coefficient (Wildman–Crippen LogP) is 2.93. The summed E-state index contributed by atoms with van der Waals surface area (Å²) < 4.78 is 44.4. The van der Waals surface area contributed by atoms with Crippen molar-refractivity contribution < 1.29 is 22.7 Å². The van der Waals surface area contributed by atoms with Crippen molar-refractivity contribution in [3.63, 3.8) is 0 Å². The molecule has 4 rings (SSSR count). The number of rotatable bonds is 4. The lowest BCUT2D eigenvalue weighted by Crippen LogP contribution is -2.50. The van der Waals surface area contributed by atoms with Crippen molar-refractivity contribution in [2.24, 2.45) is 11.8 Å². The molecule has 1 aliphatic carbocycles. The van der Waals surface area contributed by atoms with Crippen molar-refractivity contribution in [1.29, 1.82) is 0 Å². The summed E-state index contributed by atoms with van der Waals surface area (Å²) in [4.78, 5) is 20.5. The lowest BCUT2D eigenvalue weighted by atomic mass is 9.96. The molecule has 172 valence electrons. The number of aromatic nitrogens is 1. The van der Waals surface area contributed by atoms with E-state index in [1.807, 2.05) is 9.80 Å². The molecular weight excluding hydrogens is 409 g/mol. The van der Waals surface area contributed by atoms with Crippen molar-refractivity contribution in [2.75, 3.05) is 44.3 Å². The summed E-state index contributed by atoms with van der Waals surface area (Å²) in [6.45, 7) is 5.88. The highest BCUT2D eigenvalue weighted by Gasteiger charge is 2.36. The van der Waals surface area contributed by atoms with Crippen LogP contribution < -0.4 is 10.2 Å². The number of carbonyl (C=O) groups excluding carboxylic acids is 1. The molecule has 1 saturated carbocycles. The summed E-state index contributed by atoms with van der Waals surface area (Å²) >= 11 is 0. The van der Waals surface area contributed by atoms with Gasteiger partial charge in [0.2, 0.25) is 5.91 Å². The number of alkyl halides is 3. The van der Waals surface area contributed by atoms with Crippen molar-refractivity contribution in [3.05, 3.63) is 24.0 Å². The summed E-state index contributed by atoms with van der Waals surface area (Å²) in [5.74, 6) is 0.711. The van der Waals surface area contributed by atoms with Crippen LogP contribution in [-0.4, -0.2) is 67.3 Å². The van der Waals surface area contributed by atoms with Crippen LogP contribution in [0.15, 0.2) is 18.5 Å². The second kappa shape index (κ2) is 9.32. The van der Waals surface area contributed by atoms with E-state index in [1.165, 1.54) is 6.20 Å². The smallest absolute Gasteiger partial charge is 0.381 e. The normalized spacial score (nSPS) is 29.9. The summed E-state index contributed by atoms with van der Waals surface area (Å²) in [5, 5.41) is 3.74. The van der Waals surface area contributed by atoms with Crippen LogP contribution in [0.4, 0.5) is 18.9 Å². The Morgan fingerprint density at radius 3 is 2.65 bits per heavy atom. The Kier molecular flexibility index (Phi) is 6.71. The average molecular weight is 441 g/mol. The molecule has 6 nitrogen and oxygen atoms in total. The molecule has 0 bridgehead atoms. The van der Waals surface area contributed by atoms with Crippen LogP contribution in [0.25, 0.3) is 0 Å². The number of amides is 1. The summed E-state index contributed by atoms with van der Waals surface area (Å²) in [6.07, 6.45) is 1.67. The van der Waals surface area contributed by atoms with Crippen molar-refractivity contribution in [1.82, 2.24) is 15.2 Å². The standard InChI is InChI=1S/C22H31F3N4O2/c1-15-14-31-9-4-20(15)27-18-3-2-16(10-18)21(30)29-7-5-28(6-8-29)19-11-17(12-26-13-19)22(23,24)25/h11-13,15-16,18,20,27H,2-10,14H2,1H3/t15?,16-,18?,20?/m0/s1. The number of nitrogens with one attached hydrogen (secondary N) is 1. The van der Waals surface area contributed by atoms with E-state index in [0.29, 0.717) is 49.9 Å². The molecule has 1 N–H and O–H groups in total. The van der Waals surface area contributed by atoms with Gasteiger partial charge in [-0.25, -0.2) is 0 Å². The molecule has 3 aliphatic rings. The third kappa shape index (κ3) is 5.31. The highest BCUT2D eigenvalue weighted by atomic mass is 19.4. The van der Waals surface area contributed by atoms with Crippen LogP contribution in [0, 0.1) is 11.8 Å². The zero-order valence-electron chi connectivity index (χ0n) is 17.9. The number of nitrogens with zero attached hydrogens (tertiary/aromatic N) is 3. The number of carbonyl (C=O) groups is 1. The van der Waals surface area contributed by atoms with Crippen LogP contribution in [0.5, 0.6) is 0 Å². The number of piperazine rings is 1. The number of ether oxygens (including phenoxy) is 1. The molecular formula is C22H31F3N4O2. The van der Waals surface area contributed by atoms with Gasteiger partial charge in [0.1, 0.15) is 0 Å². The van der Waals surface area contributed by atoms with E-state index >= 15 is 0 Å². The van der Waals surface area contributed by atoms with Gasteiger partial charge in [0.15, 0.2) is 0 Å². The van der Waals surface area contributed by atoms with Gasteiger partial charge in [-0.05, 0) is 37.7 Å². The molecule has 1 aromatic rings. The van der Waals surface area contributed by atoms with E-state index in [0.717, 1.165) is 51.2 Å². The molecule has 2 saturated heterocycles. The van der Waals surface area contributed by atoms with Gasteiger partial charge in [0.25, 0.3) is 0 Å². The Bertz CT molecular complexity index is 767. The maximum absolute atomic E-state index is 13.0. The highest BCUT2D eigenvalue weighted by Crippen LogP contribution is 2.32. The molecule has 9 heteroatoms. The van der Waals surface area contributed by atoms with Crippen molar-refractivity contribution in [2.45, 2.75) is 50.9 Å². The van der Waals surface area contributed by atoms with E-state index in [9.17, 15) is 18.0 Å². The average Bonchev–Trinajstić information content (AvgIpc) is 3.23. The van der Waals surface area contributed by atoms with Crippen LogP contribution in [0.1, 0.15) is 38.2 Å². The quantitative estimate of drug-likeness (QED) is 0.780. The van der Waals surface area contributed by atoms with Gasteiger partial charge in [-0.15, -0.1) is 0 Å². The molecule has 2 aliphatic heterocycles. The molecule has 4 atom stereocenters. The number of pyridine rings is 1. The van der Waals surface area contributed by atoms with Crippen LogP contribution in [0.2, 0.25) is 0 Å². The van der Waals surface area contributed by atoms with E-state index in [1.54, 1.807) is 0 Å². The van der Waals surface area contributed by atoms with Crippen LogP contribution >= 0.6 is 0 Å².